The predicted molar refractivity (Wildman–Crippen MR) is 102 cm³/mol. The highest BCUT2D eigenvalue weighted by atomic mass is 35.5. The second-order valence-electron chi connectivity index (χ2n) is 5.77. The number of benzene rings is 2. The molecule has 0 atom stereocenters. The minimum Gasteiger partial charge on any atom is -0.482 e. The fourth-order valence-corrected chi connectivity index (χ4v) is 2.55. The molecule has 0 saturated heterocycles. The second kappa shape index (κ2) is 9.05. The third-order valence-electron chi connectivity index (χ3n) is 3.75. The Hall–Kier alpha value is -3.32. The number of hydrogen-bond acceptors (Lipinski definition) is 6. The van der Waals surface area contributed by atoms with Crippen molar-refractivity contribution in [3.8, 4) is 5.75 Å². The second-order valence-corrected chi connectivity index (χ2v) is 6.18. The number of carbonyl (C=O) groups excluding carboxylic acids is 2. The molecule has 0 radical (unpaired) electrons. The van der Waals surface area contributed by atoms with Crippen molar-refractivity contribution in [1.29, 1.82) is 0 Å². The largest absolute Gasteiger partial charge is 0.482 e. The van der Waals surface area contributed by atoms with Crippen molar-refractivity contribution in [3.05, 3.63) is 75.6 Å². The lowest BCUT2D eigenvalue weighted by Crippen LogP contribution is -2.29. The van der Waals surface area contributed by atoms with Crippen molar-refractivity contribution < 1.29 is 23.5 Å². The van der Waals surface area contributed by atoms with Crippen LogP contribution in [0.25, 0.3) is 11.0 Å². The minimum absolute atomic E-state index is 0.231. The summed E-state index contributed by atoms with van der Waals surface area (Å²) < 4.78 is 15.2. The lowest BCUT2D eigenvalue weighted by atomic mass is 10.2. The molecule has 2 aromatic carbocycles. The maximum Gasteiger partial charge on any atom is 0.344 e. The van der Waals surface area contributed by atoms with Gasteiger partial charge >= 0.3 is 11.6 Å². The Morgan fingerprint density at radius 1 is 1.04 bits per heavy atom. The average Bonchev–Trinajstić information content (AvgIpc) is 2.69. The highest BCUT2D eigenvalue weighted by Crippen LogP contribution is 2.19. The van der Waals surface area contributed by atoms with Gasteiger partial charge in [0.05, 0.1) is 0 Å². The lowest BCUT2D eigenvalue weighted by Gasteiger charge is -2.09. The van der Waals surface area contributed by atoms with Crippen molar-refractivity contribution in [2.75, 3.05) is 13.2 Å². The maximum atomic E-state index is 11.8. The number of hydrogen-bond donors (Lipinski definition) is 1. The van der Waals surface area contributed by atoms with E-state index in [1.54, 1.807) is 36.4 Å². The summed E-state index contributed by atoms with van der Waals surface area (Å²) in [6.07, 6.45) is 0. The highest BCUT2D eigenvalue weighted by molar-refractivity contribution is 6.31. The van der Waals surface area contributed by atoms with Gasteiger partial charge in [-0.2, -0.15) is 0 Å². The van der Waals surface area contributed by atoms with Crippen LogP contribution in [0.2, 0.25) is 5.02 Å². The van der Waals surface area contributed by atoms with E-state index >= 15 is 0 Å². The first-order valence-electron chi connectivity index (χ1n) is 8.34. The zero-order valence-corrected chi connectivity index (χ0v) is 15.4. The normalized spacial score (nSPS) is 10.5. The van der Waals surface area contributed by atoms with Crippen molar-refractivity contribution in [3.63, 3.8) is 0 Å². The molecule has 0 aliphatic rings. The summed E-state index contributed by atoms with van der Waals surface area (Å²) in [7, 11) is 0. The number of amides is 1. The van der Waals surface area contributed by atoms with Crippen LogP contribution in [0.1, 0.15) is 5.56 Å². The first-order valence-corrected chi connectivity index (χ1v) is 8.71. The third kappa shape index (κ3) is 5.34. The molecule has 28 heavy (non-hydrogen) atoms. The average molecular weight is 402 g/mol. The standard InChI is InChI=1S/C20H16ClNO6/c21-16-4-2-1-3-14(16)10-22-18(23)11-27-20(25)12-26-15-7-5-13-6-8-19(24)28-17(13)9-15/h1-9H,10-12H2,(H,22,23). The van der Waals surface area contributed by atoms with E-state index < -0.39 is 24.1 Å². The summed E-state index contributed by atoms with van der Waals surface area (Å²) in [5.41, 5.74) is 0.624. The monoisotopic (exact) mass is 401 g/mol. The molecule has 0 spiro atoms. The smallest absolute Gasteiger partial charge is 0.344 e. The molecule has 0 bridgehead atoms. The van der Waals surface area contributed by atoms with Crippen LogP contribution in [0.15, 0.2) is 63.8 Å². The number of nitrogens with one attached hydrogen (secondary N) is 1. The first-order chi connectivity index (χ1) is 13.5. The van der Waals surface area contributed by atoms with Crippen LogP contribution in [0.4, 0.5) is 0 Å². The number of halogens is 1. The Balaban J connectivity index is 1.43. The maximum absolute atomic E-state index is 11.8. The molecule has 1 heterocycles. The van der Waals surface area contributed by atoms with Gasteiger partial charge in [-0.05, 0) is 29.8 Å². The van der Waals surface area contributed by atoms with Gasteiger partial charge in [0.15, 0.2) is 13.2 Å². The first kappa shape index (κ1) is 19.4. The zero-order valence-electron chi connectivity index (χ0n) is 14.6. The van der Waals surface area contributed by atoms with Crippen LogP contribution in [0.3, 0.4) is 0 Å². The molecule has 0 unspecified atom stereocenters. The molecule has 0 aliphatic heterocycles. The molecule has 7 nitrogen and oxygen atoms in total. The number of carbonyl (C=O) groups is 2. The number of rotatable bonds is 7. The molecular formula is C20H16ClNO6. The van der Waals surface area contributed by atoms with E-state index in [-0.39, 0.29) is 13.2 Å². The lowest BCUT2D eigenvalue weighted by molar-refractivity contribution is -0.150. The van der Waals surface area contributed by atoms with Gasteiger partial charge in [0.25, 0.3) is 5.91 Å². The van der Waals surface area contributed by atoms with Crippen LogP contribution in [0, 0.1) is 0 Å². The SMILES string of the molecule is O=C(COC(=O)COc1ccc2ccc(=O)oc2c1)NCc1ccccc1Cl. The van der Waals surface area contributed by atoms with Crippen LogP contribution in [0.5, 0.6) is 5.75 Å². The van der Waals surface area contributed by atoms with E-state index in [9.17, 15) is 14.4 Å². The predicted octanol–water partition coefficient (Wildman–Crippen LogP) is 2.68. The van der Waals surface area contributed by atoms with E-state index in [4.69, 9.17) is 25.5 Å². The van der Waals surface area contributed by atoms with Gasteiger partial charge in [0, 0.05) is 29.1 Å². The van der Waals surface area contributed by atoms with Crippen molar-refractivity contribution in [2.24, 2.45) is 0 Å². The summed E-state index contributed by atoms with van der Waals surface area (Å²) in [4.78, 5) is 34.8. The van der Waals surface area contributed by atoms with Gasteiger partial charge in [-0.3, -0.25) is 4.79 Å². The molecule has 0 fully saturated rings. The Labute approximate surface area is 164 Å². The Morgan fingerprint density at radius 3 is 2.64 bits per heavy atom. The van der Waals surface area contributed by atoms with Gasteiger partial charge in [-0.15, -0.1) is 0 Å². The van der Waals surface area contributed by atoms with Gasteiger partial charge in [0.1, 0.15) is 11.3 Å². The highest BCUT2D eigenvalue weighted by Gasteiger charge is 2.10. The fourth-order valence-electron chi connectivity index (χ4n) is 2.35. The van der Waals surface area contributed by atoms with Crippen molar-refractivity contribution in [2.45, 2.75) is 6.54 Å². The number of fused-ring (bicyclic) bond motifs is 1. The summed E-state index contributed by atoms with van der Waals surface area (Å²) in [6.45, 7) is -0.589. The Kier molecular flexibility index (Phi) is 6.29. The van der Waals surface area contributed by atoms with Crippen molar-refractivity contribution >= 4 is 34.4 Å². The van der Waals surface area contributed by atoms with Crippen LogP contribution in [-0.2, 0) is 20.9 Å². The number of esters is 1. The number of ether oxygens (including phenoxy) is 2. The van der Waals surface area contributed by atoms with Gasteiger partial charge in [0.2, 0.25) is 0 Å². The van der Waals surface area contributed by atoms with Crippen molar-refractivity contribution in [1.82, 2.24) is 5.32 Å². The third-order valence-corrected chi connectivity index (χ3v) is 4.12. The van der Waals surface area contributed by atoms with E-state index in [2.05, 4.69) is 5.32 Å². The molecule has 8 heteroatoms. The molecule has 0 saturated carbocycles. The zero-order chi connectivity index (χ0) is 19.9. The van der Waals surface area contributed by atoms with E-state index in [1.165, 1.54) is 12.1 Å². The molecular weight excluding hydrogens is 386 g/mol. The summed E-state index contributed by atoms with van der Waals surface area (Å²) in [5.74, 6) is -0.828. The summed E-state index contributed by atoms with van der Waals surface area (Å²) in [6, 6.07) is 14.9. The molecule has 144 valence electrons. The topological polar surface area (TPSA) is 94.8 Å². The van der Waals surface area contributed by atoms with Crippen LogP contribution < -0.4 is 15.7 Å². The van der Waals surface area contributed by atoms with E-state index in [1.807, 2.05) is 6.07 Å². The van der Waals surface area contributed by atoms with E-state index in [0.717, 1.165) is 10.9 Å². The summed E-state index contributed by atoms with van der Waals surface area (Å²) in [5, 5.41) is 3.88. The van der Waals surface area contributed by atoms with E-state index in [0.29, 0.717) is 16.4 Å². The Morgan fingerprint density at radius 2 is 1.82 bits per heavy atom. The quantitative estimate of drug-likeness (QED) is 0.483. The van der Waals surface area contributed by atoms with Gasteiger partial charge in [-0.25, -0.2) is 9.59 Å². The molecule has 1 amide bonds. The fraction of sp³-hybridized carbons (Fsp3) is 0.150. The summed E-state index contributed by atoms with van der Waals surface area (Å²) >= 11 is 6.00. The van der Waals surface area contributed by atoms with Crippen LogP contribution in [-0.4, -0.2) is 25.1 Å². The van der Waals surface area contributed by atoms with Gasteiger partial charge in [-0.1, -0.05) is 29.8 Å². The molecule has 1 aromatic heterocycles. The van der Waals surface area contributed by atoms with Crippen LogP contribution >= 0.6 is 11.6 Å². The molecule has 1 N–H and O–H groups in total. The van der Waals surface area contributed by atoms with Gasteiger partial charge < -0.3 is 19.2 Å². The molecule has 0 aliphatic carbocycles. The molecule has 3 rings (SSSR count). The Bertz CT molecular complexity index is 1060. The molecule has 3 aromatic rings. The minimum atomic E-state index is -0.706.